The van der Waals surface area contributed by atoms with Gasteiger partial charge in [0.2, 0.25) is 0 Å². The molecule has 0 spiro atoms. The van der Waals surface area contributed by atoms with Gasteiger partial charge in [-0.3, -0.25) is 22.5 Å². The molecule has 0 rings (SSSR count). The summed E-state index contributed by atoms with van der Waals surface area (Å²) in [4.78, 5) is 0. The first kappa shape index (κ1) is 18.2. The van der Waals surface area contributed by atoms with Crippen molar-refractivity contribution in [1.29, 1.82) is 0 Å². The van der Waals surface area contributed by atoms with E-state index in [2.05, 4.69) is 17.8 Å². The molecule has 0 aromatic rings. The maximum Gasteiger partial charge on any atom is 0.0236 e. The van der Waals surface area contributed by atoms with Crippen LogP contribution in [0.15, 0.2) is 0 Å². The molecule has 0 amide bonds. The molecule has 4 nitrogen and oxygen atoms in total. The molecule has 0 aliphatic carbocycles. The summed E-state index contributed by atoms with van der Waals surface area (Å²) >= 11 is 0. The molecule has 0 heterocycles. The second-order valence-corrected chi connectivity index (χ2v) is 5.12. The number of nitrogens with two attached hydrogens (primary N) is 2. The SMILES string of the molecule is CC(C)(C)NN.CCCCCCCCNN. The summed E-state index contributed by atoms with van der Waals surface area (Å²) in [6.07, 6.45) is 8.02. The van der Waals surface area contributed by atoms with Crippen molar-refractivity contribution < 1.29 is 0 Å². The number of unbranched alkanes of at least 4 members (excludes halogenated alkanes) is 5. The van der Waals surface area contributed by atoms with E-state index in [9.17, 15) is 0 Å². The van der Waals surface area contributed by atoms with E-state index in [1.54, 1.807) is 0 Å². The maximum atomic E-state index is 5.12. The lowest BCUT2D eigenvalue weighted by Gasteiger charge is -2.14. The van der Waals surface area contributed by atoms with Crippen molar-refractivity contribution in [2.24, 2.45) is 11.7 Å². The zero-order valence-electron chi connectivity index (χ0n) is 11.6. The fourth-order valence-electron chi connectivity index (χ4n) is 1.01. The van der Waals surface area contributed by atoms with Gasteiger partial charge in [-0.05, 0) is 27.2 Å². The highest BCUT2D eigenvalue weighted by atomic mass is 15.2. The zero-order valence-corrected chi connectivity index (χ0v) is 11.6. The fourth-order valence-corrected chi connectivity index (χ4v) is 1.01. The normalized spacial score (nSPS) is 10.9. The summed E-state index contributed by atoms with van der Waals surface area (Å²) in [5.41, 5.74) is 5.33. The van der Waals surface area contributed by atoms with Crippen molar-refractivity contribution in [1.82, 2.24) is 10.9 Å². The highest BCUT2D eigenvalue weighted by molar-refractivity contribution is 4.63. The molecule has 0 aromatic heterocycles. The van der Waals surface area contributed by atoms with Crippen molar-refractivity contribution in [2.75, 3.05) is 6.54 Å². The average molecular weight is 232 g/mol. The number of hydrogen-bond acceptors (Lipinski definition) is 4. The Balaban J connectivity index is 0. The monoisotopic (exact) mass is 232 g/mol. The summed E-state index contributed by atoms with van der Waals surface area (Å²) in [7, 11) is 0. The molecule has 0 atom stereocenters. The van der Waals surface area contributed by atoms with Crippen LogP contribution in [0.25, 0.3) is 0 Å². The van der Waals surface area contributed by atoms with Crippen molar-refractivity contribution in [3.63, 3.8) is 0 Å². The van der Waals surface area contributed by atoms with Crippen LogP contribution in [0.4, 0.5) is 0 Å². The molecule has 0 saturated carbocycles. The summed E-state index contributed by atoms with van der Waals surface area (Å²) in [6, 6.07) is 0. The molecule has 100 valence electrons. The van der Waals surface area contributed by atoms with E-state index < -0.39 is 0 Å². The first-order chi connectivity index (χ1) is 7.47. The van der Waals surface area contributed by atoms with Gasteiger partial charge in [0.1, 0.15) is 0 Å². The Morgan fingerprint density at radius 2 is 1.31 bits per heavy atom. The van der Waals surface area contributed by atoms with Gasteiger partial charge in [-0.15, -0.1) is 0 Å². The molecule has 6 N–H and O–H groups in total. The van der Waals surface area contributed by atoms with Crippen LogP contribution in [0.3, 0.4) is 0 Å². The van der Waals surface area contributed by atoms with Gasteiger partial charge >= 0.3 is 0 Å². The molecule has 0 saturated heterocycles. The first-order valence-electron chi connectivity index (χ1n) is 6.39. The molecule has 0 aliphatic heterocycles. The Hall–Kier alpha value is -0.160. The minimum Gasteiger partial charge on any atom is -0.271 e. The Morgan fingerprint density at radius 1 is 0.875 bits per heavy atom. The lowest BCUT2D eigenvalue weighted by molar-refractivity contribution is 0.438. The zero-order chi connectivity index (χ0) is 12.9. The summed E-state index contributed by atoms with van der Waals surface area (Å²) in [5.74, 6) is 10.2. The molecule has 0 unspecified atom stereocenters. The summed E-state index contributed by atoms with van der Waals surface area (Å²) in [6.45, 7) is 9.22. The minimum absolute atomic E-state index is 0.0694. The Bertz CT molecular complexity index is 113. The molecule has 0 fully saturated rings. The van der Waals surface area contributed by atoms with Gasteiger partial charge in [-0.25, -0.2) is 0 Å². The van der Waals surface area contributed by atoms with Gasteiger partial charge < -0.3 is 0 Å². The standard InChI is InChI=1S/C8H20N2.C4H12N2/c1-2-3-4-5-6-7-8-10-9;1-4(2,3)6-5/h10H,2-9H2,1H3;6H,5H2,1-3H3. The number of hydrogen-bond donors (Lipinski definition) is 4. The van der Waals surface area contributed by atoms with E-state index in [-0.39, 0.29) is 5.54 Å². The van der Waals surface area contributed by atoms with Crippen LogP contribution in [0.2, 0.25) is 0 Å². The van der Waals surface area contributed by atoms with Crippen LogP contribution in [0.5, 0.6) is 0 Å². The Morgan fingerprint density at radius 3 is 1.69 bits per heavy atom. The molecule has 16 heavy (non-hydrogen) atoms. The minimum atomic E-state index is 0.0694. The molecular formula is C12H32N4. The second kappa shape index (κ2) is 12.9. The van der Waals surface area contributed by atoms with Crippen LogP contribution in [0, 0.1) is 0 Å². The van der Waals surface area contributed by atoms with Crippen molar-refractivity contribution in [3.8, 4) is 0 Å². The predicted molar refractivity (Wildman–Crippen MR) is 72.6 cm³/mol. The molecule has 0 aliphatic rings. The van der Waals surface area contributed by atoms with E-state index in [4.69, 9.17) is 11.7 Å². The molecular weight excluding hydrogens is 200 g/mol. The van der Waals surface area contributed by atoms with Crippen molar-refractivity contribution in [2.45, 2.75) is 71.8 Å². The van der Waals surface area contributed by atoms with E-state index >= 15 is 0 Å². The van der Waals surface area contributed by atoms with E-state index in [0.29, 0.717) is 0 Å². The van der Waals surface area contributed by atoms with Crippen LogP contribution < -0.4 is 22.5 Å². The van der Waals surface area contributed by atoms with E-state index in [1.807, 2.05) is 20.8 Å². The van der Waals surface area contributed by atoms with E-state index in [1.165, 1.54) is 38.5 Å². The first-order valence-corrected chi connectivity index (χ1v) is 6.39. The van der Waals surface area contributed by atoms with Crippen LogP contribution in [-0.4, -0.2) is 12.1 Å². The predicted octanol–water partition coefficient (Wildman–Crippen LogP) is 2.06. The number of hydrazine groups is 2. The number of nitrogens with one attached hydrogen (secondary N) is 2. The van der Waals surface area contributed by atoms with Crippen LogP contribution >= 0.6 is 0 Å². The smallest absolute Gasteiger partial charge is 0.0236 e. The molecule has 0 radical (unpaired) electrons. The number of rotatable bonds is 7. The Kier molecular flexibility index (Phi) is 14.7. The quantitative estimate of drug-likeness (QED) is 0.308. The molecule has 0 aromatic carbocycles. The highest BCUT2D eigenvalue weighted by Crippen LogP contribution is 2.03. The van der Waals surface area contributed by atoms with Crippen LogP contribution in [0.1, 0.15) is 66.2 Å². The van der Waals surface area contributed by atoms with E-state index in [0.717, 1.165) is 6.54 Å². The average Bonchev–Trinajstić information content (AvgIpc) is 2.23. The van der Waals surface area contributed by atoms with Gasteiger partial charge in [0.05, 0.1) is 0 Å². The lowest BCUT2D eigenvalue weighted by Crippen LogP contribution is -2.41. The highest BCUT2D eigenvalue weighted by Gasteiger charge is 2.02. The Labute approximate surface area is 101 Å². The third kappa shape index (κ3) is 23.6. The van der Waals surface area contributed by atoms with Crippen molar-refractivity contribution >= 4 is 0 Å². The third-order valence-corrected chi connectivity index (χ3v) is 2.11. The van der Waals surface area contributed by atoms with Gasteiger partial charge in [0, 0.05) is 12.1 Å². The van der Waals surface area contributed by atoms with Gasteiger partial charge in [0.25, 0.3) is 0 Å². The molecule has 4 heteroatoms. The fraction of sp³-hybridized carbons (Fsp3) is 1.00. The lowest BCUT2D eigenvalue weighted by atomic mass is 10.1. The van der Waals surface area contributed by atoms with Gasteiger partial charge in [0.15, 0.2) is 0 Å². The van der Waals surface area contributed by atoms with Gasteiger partial charge in [-0.1, -0.05) is 39.0 Å². The topological polar surface area (TPSA) is 76.1 Å². The second-order valence-electron chi connectivity index (χ2n) is 5.12. The largest absolute Gasteiger partial charge is 0.271 e. The van der Waals surface area contributed by atoms with Crippen molar-refractivity contribution in [3.05, 3.63) is 0 Å². The van der Waals surface area contributed by atoms with Gasteiger partial charge in [-0.2, -0.15) is 0 Å². The summed E-state index contributed by atoms with van der Waals surface area (Å²) in [5, 5.41) is 0. The van der Waals surface area contributed by atoms with Crippen LogP contribution in [-0.2, 0) is 0 Å². The summed E-state index contributed by atoms with van der Waals surface area (Å²) < 4.78 is 0. The molecule has 0 bridgehead atoms. The maximum absolute atomic E-state index is 5.12. The third-order valence-electron chi connectivity index (χ3n) is 2.11.